The van der Waals surface area contributed by atoms with Crippen molar-refractivity contribution in [2.75, 3.05) is 19.7 Å². The molecule has 3 rings (SSSR count). The molecular formula is C23H24F6N2O2. The molecule has 1 aliphatic rings. The molecular weight excluding hydrogens is 450 g/mol. The van der Waals surface area contributed by atoms with Crippen molar-refractivity contribution in [1.29, 1.82) is 0 Å². The fraction of sp³-hybridized carbons (Fsp3) is 0.435. The van der Waals surface area contributed by atoms with E-state index < -0.39 is 29.5 Å². The normalized spacial score (nSPS) is 19.5. The maximum atomic E-state index is 13.0. The number of nitrogens with zero attached hydrogens (tertiary/aromatic N) is 1. The molecule has 1 aliphatic heterocycles. The Morgan fingerprint density at radius 3 is 2.15 bits per heavy atom. The Hall–Kier alpha value is -2.75. The molecule has 33 heavy (non-hydrogen) atoms. The minimum absolute atomic E-state index is 0.00133. The number of carbonyl (C=O) groups excluding carboxylic acids is 1. The number of primary amides is 1. The van der Waals surface area contributed by atoms with Gasteiger partial charge < -0.3 is 15.4 Å². The summed E-state index contributed by atoms with van der Waals surface area (Å²) in [5.74, 6) is 0.122. The Bertz CT molecular complexity index is 914. The summed E-state index contributed by atoms with van der Waals surface area (Å²) >= 11 is 0. The van der Waals surface area contributed by atoms with Crippen LogP contribution in [0.25, 0.3) is 0 Å². The van der Waals surface area contributed by atoms with E-state index in [-0.39, 0.29) is 36.7 Å². The van der Waals surface area contributed by atoms with Gasteiger partial charge in [-0.15, -0.1) is 0 Å². The van der Waals surface area contributed by atoms with Crippen molar-refractivity contribution in [2.45, 2.75) is 37.7 Å². The van der Waals surface area contributed by atoms with E-state index in [1.807, 2.05) is 30.3 Å². The molecule has 1 fully saturated rings. The lowest BCUT2D eigenvalue weighted by Gasteiger charge is -2.38. The van der Waals surface area contributed by atoms with E-state index in [1.54, 1.807) is 4.90 Å². The predicted octanol–water partition coefficient (Wildman–Crippen LogP) is 5.82. The lowest BCUT2D eigenvalue weighted by Crippen LogP contribution is -2.45. The van der Waals surface area contributed by atoms with Crippen molar-refractivity contribution in [3.8, 4) is 0 Å². The zero-order chi connectivity index (χ0) is 24.2. The Morgan fingerprint density at radius 2 is 1.61 bits per heavy atom. The smallest absolute Gasteiger partial charge is 0.377 e. The van der Waals surface area contributed by atoms with Gasteiger partial charge in [-0.05, 0) is 48.1 Å². The van der Waals surface area contributed by atoms with Gasteiger partial charge in [0.25, 0.3) is 0 Å². The number of carbonyl (C=O) groups is 1. The number of urea groups is 1. The summed E-state index contributed by atoms with van der Waals surface area (Å²) in [5, 5.41) is 0. The molecule has 0 spiro atoms. The molecule has 10 heteroatoms. The number of ether oxygens (including phenoxy) is 1. The second-order valence-corrected chi connectivity index (χ2v) is 8.11. The number of likely N-dealkylation sites (tertiary alicyclic amines) is 1. The monoisotopic (exact) mass is 474 g/mol. The highest BCUT2D eigenvalue weighted by molar-refractivity contribution is 5.72. The lowest BCUT2D eigenvalue weighted by molar-refractivity contribution is -0.143. The van der Waals surface area contributed by atoms with E-state index in [2.05, 4.69) is 0 Å². The van der Waals surface area contributed by atoms with Crippen LogP contribution >= 0.6 is 0 Å². The summed E-state index contributed by atoms with van der Waals surface area (Å²) in [6.07, 6.45) is -8.59. The van der Waals surface area contributed by atoms with E-state index in [1.165, 1.54) is 0 Å². The number of nitrogens with two attached hydrogens (primary N) is 1. The first-order chi connectivity index (χ1) is 15.4. The van der Waals surface area contributed by atoms with Crippen molar-refractivity contribution in [1.82, 2.24) is 4.90 Å². The van der Waals surface area contributed by atoms with Gasteiger partial charge in [-0.25, -0.2) is 4.79 Å². The summed E-state index contributed by atoms with van der Waals surface area (Å²) in [5.41, 5.74) is 3.54. The van der Waals surface area contributed by atoms with Gasteiger partial charge in [0, 0.05) is 25.6 Å². The number of rotatable bonds is 6. The van der Waals surface area contributed by atoms with Crippen LogP contribution < -0.4 is 5.73 Å². The molecule has 2 amide bonds. The van der Waals surface area contributed by atoms with E-state index in [0.29, 0.717) is 38.1 Å². The third-order valence-electron chi connectivity index (χ3n) is 5.84. The molecule has 1 saturated heterocycles. The minimum Gasteiger partial charge on any atom is -0.377 e. The van der Waals surface area contributed by atoms with E-state index in [4.69, 9.17) is 10.5 Å². The maximum Gasteiger partial charge on any atom is 0.416 e. The van der Waals surface area contributed by atoms with Gasteiger partial charge in [-0.2, -0.15) is 26.3 Å². The molecule has 0 bridgehead atoms. The van der Waals surface area contributed by atoms with Crippen LogP contribution in [0.2, 0.25) is 0 Å². The molecule has 2 aromatic rings. The standard InChI is InChI=1S/C23H24F6N2O2/c24-22(25,26)18-10-15(11-19(12-18)23(27,28)29)14-33-9-7-17-6-8-31(21(30)32)13-20(17)16-4-2-1-3-5-16/h1-5,10-12,17,20H,6-9,13-14H2,(H2,30,32). The Morgan fingerprint density at radius 1 is 1.00 bits per heavy atom. The number of benzene rings is 2. The van der Waals surface area contributed by atoms with Gasteiger partial charge in [0.2, 0.25) is 0 Å². The first-order valence-electron chi connectivity index (χ1n) is 10.4. The number of hydrogen-bond donors (Lipinski definition) is 1. The topological polar surface area (TPSA) is 55.6 Å². The number of amides is 2. The predicted molar refractivity (Wildman–Crippen MR) is 109 cm³/mol. The number of halogens is 6. The lowest BCUT2D eigenvalue weighted by atomic mass is 9.79. The molecule has 1 heterocycles. The van der Waals surface area contributed by atoms with Gasteiger partial charge in [0.1, 0.15) is 0 Å². The van der Waals surface area contributed by atoms with Gasteiger partial charge in [-0.3, -0.25) is 0 Å². The highest BCUT2D eigenvalue weighted by Gasteiger charge is 2.37. The first-order valence-corrected chi connectivity index (χ1v) is 10.4. The van der Waals surface area contributed by atoms with Crippen LogP contribution in [-0.4, -0.2) is 30.6 Å². The minimum atomic E-state index is -4.90. The van der Waals surface area contributed by atoms with E-state index in [9.17, 15) is 31.1 Å². The fourth-order valence-corrected chi connectivity index (χ4v) is 4.15. The summed E-state index contributed by atoms with van der Waals surface area (Å²) in [7, 11) is 0. The van der Waals surface area contributed by atoms with Gasteiger partial charge in [-0.1, -0.05) is 30.3 Å². The van der Waals surface area contributed by atoms with Crippen molar-refractivity contribution >= 4 is 6.03 Å². The highest BCUT2D eigenvalue weighted by Crippen LogP contribution is 2.37. The molecule has 4 nitrogen and oxygen atoms in total. The molecule has 2 aromatic carbocycles. The summed E-state index contributed by atoms with van der Waals surface area (Å²) in [6, 6.07) is 10.5. The van der Waals surface area contributed by atoms with Crippen molar-refractivity contribution in [3.63, 3.8) is 0 Å². The van der Waals surface area contributed by atoms with Crippen LogP contribution in [0.4, 0.5) is 31.1 Å². The second-order valence-electron chi connectivity index (χ2n) is 8.11. The van der Waals surface area contributed by atoms with Gasteiger partial charge in [0.15, 0.2) is 0 Å². The third kappa shape index (κ3) is 6.63. The van der Waals surface area contributed by atoms with Crippen molar-refractivity contribution in [3.05, 3.63) is 70.8 Å². The largest absolute Gasteiger partial charge is 0.416 e. The Kier molecular flexibility index (Phi) is 7.56. The highest BCUT2D eigenvalue weighted by atomic mass is 19.4. The molecule has 0 aromatic heterocycles. The zero-order valence-corrected chi connectivity index (χ0v) is 17.6. The fourth-order valence-electron chi connectivity index (χ4n) is 4.15. The molecule has 2 unspecified atom stereocenters. The summed E-state index contributed by atoms with van der Waals surface area (Å²) in [6.45, 7) is 0.698. The van der Waals surface area contributed by atoms with E-state index >= 15 is 0 Å². The van der Waals surface area contributed by atoms with Crippen LogP contribution in [0.15, 0.2) is 48.5 Å². The average Bonchev–Trinajstić information content (AvgIpc) is 2.76. The first kappa shape index (κ1) is 24.9. The molecule has 2 atom stereocenters. The average molecular weight is 474 g/mol. The number of piperidine rings is 1. The van der Waals surface area contributed by atoms with Crippen molar-refractivity contribution < 1.29 is 35.9 Å². The van der Waals surface area contributed by atoms with Crippen LogP contribution in [0.3, 0.4) is 0 Å². The number of alkyl halides is 6. The van der Waals surface area contributed by atoms with Gasteiger partial charge >= 0.3 is 18.4 Å². The SMILES string of the molecule is NC(=O)N1CCC(CCOCc2cc(C(F)(F)F)cc(C(F)(F)F)c2)C(c2ccccc2)C1. The molecule has 0 saturated carbocycles. The molecule has 0 aliphatic carbocycles. The molecule has 2 N–H and O–H groups in total. The van der Waals surface area contributed by atoms with Gasteiger partial charge in [0.05, 0.1) is 17.7 Å². The van der Waals surface area contributed by atoms with Crippen LogP contribution in [0.5, 0.6) is 0 Å². The second kappa shape index (κ2) is 10.0. The van der Waals surface area contributed by atoms with Crippen molar-refractivity contribution in [2.24, 2.45) is 11.7 Å². The Labute approximate surface area is 187 Å². The quantitative estimate of drug-likeness (QED) is 0.424. The summed E-state index contributed by atoms with van der Waals surface area (Å²) in [4.78, 5) is 13.2. The summed E-state index contributed by atoms with van der Waals surface area (Å²) < 4.78 is 83.6. The Balaban J connectivity index is 1.65. The van der Waals surface area contributed by atoms with Crippen LogP contribution in [0, 0.1) is 5.92 Å². The van der Waals surface area contributed by atoms with Crippen LogP contribution in [0.1, 0.15) is 41.0 Å². The zero-order valence-electron chi connectivity index (χ0n) is 17.6. The van der Waals surface area contributed by atoms with Crippen LogP contribution in [-0.2, 0) is 23.7 Å². The molecule has 0 radical (unpaired) electrons. The van der Waals surface area contributed by atoms with E-state index in [0.717, 1.165) is 5.56 Å². The maximum absolute atomic E-state index is 13.0. The molecule has 180 valence electrons. The number of hydrogen-bond acceptors (Lipinski definition) is 2. The third-order valence-corrected chi connectivity index (χ3v) is 5.84.